The second-order valence-electron chi connectivity index (χ2n) is 7.72. The van der Waals surface area contributed by atoms with E-state index >= 15 is 0 Å². The quantitative estimate of drug-likeness (QED) is 0.512. The van der Waals surface area contributed by atoms with Crippen LogP contribution in [0.15, 0.2) is 64.2 Å². The number of nitrogens with one attached hydrogen (secondary N) is 1. The van der Waals surface area contributed by atoms with Crippen molar-refractivity contribution < 1.29 is 9.53 Å². The van der Waals surface area contributed by atoms with Gasteiger partial charge in [0.25, 0.3) is 5.56 Å². The molecule has 1 heterocycles. The molecule has 1 aromatic heterocycles. The Kier molecular flexibility index (Phi) is 7.68. The maximum absolute atomic E-state index is 13.1. The van der Waals surface area contributed by atoms with Gasteiger partial charge in [0, 0.05) is 13.1 Å². The highest BCUT2D eigenvalue weighted by Gasteiger charge is 2.24. The maximum Gasteiger partial charge on any atom is 0.330 e. The standard InChI is InChI=1S/C24H29N5O4/c1-4-28(20(30)16-27(2)14-18-10-12-19(33-3)13-11-18)21-22(25)29(24(32)26-23(21)31)15-17-8-6-5-7-9-17/h5-13H,4,14-16,25H2,1-3H3,(H,26,31,32). The Bertz CT molecular complexity index is 1200. The van der Waals surface area contributed by atoms with E-state index in [1.165, 1.54) is 9.47 Å². The number of aromatic nitrogens is 2. The van der Waals surface area contributed by atoms with Gasteiger partial charge < -0.3 is 15.4 Å². The number of likely N-dealkylation sites (N-methyl/N-ethyl adjacent to an activating group) is 2. The van der Waals surface area contributed by atoms with Crippen molar-refractivity contribution in [3.8, 4) is 5.75 Å². The topological polar surface area (TPSA) is 114 Å². The third-order valence-electron chi connectivity index (χ3n) is 5.30. The Morgan fingerprint density at radius 1 is 1.06 bits per heavy atom. The molecule has 0 saturated heterocycles. The van der Waals surface area contributed by atoms with Crippen LogP contribution in [0.1, 0.15) is 18.1 Å². The van der Waals surface area contributed by atoms with Gasteiger partial charge >= 0.3 is 5.69 Å². The first-order valence-corrected chi connectivity index (χ1v) is 10.6. The van der Waals surface area contributed by atoms with Crippen LogP contribution in [0.2, 0.25) is 0 Å². The molecule has 0 spiro atoms. The first-order valence-electron chi connectivity index (χ1n) is 10.6. The van der Waals surface area contributed by atoms with Crippen LogP contribution in [0, 0.1) is 0 Å². The Balaban J connectivity index is 1.82. The number of H-pyrrole nitrogens is 1. The lowest BCUT2D eigenvalue weighted by molar-refractivity contribution is -0.119. The van der Waals surface area contributed by atoms with Crippen LogP contribution in [-0.2, 0) is 17.9 Å². The number of aromatic amines is 1. The normalized spacial score (nSPS) is 10.9. The number of amides is 1. The van der Waals surface area contributed by atoms with E-state index < -0.39 is 11.2 Å². The van der Waals surface area contributed by atoms with Crippen molar-refractivity contribution >= 4 is 17.4 Å². The summed E-state index contributed by atoms with van der Waals surface area (Å²) in [4.78, 5) is 43.6. The molecule has 3 rings (SSSR count). The predicted molar refractivity (Wildman–Crippen MR) is 129 cm³/mol. The molecule has 0 bridgehead atoms. The Labute approximate surface area is 192 Å². The molecule has 0 saturated carbocycles. The highest BCUT2D eigenvalue weighted by molar-refractivity contribution is 5.96. The number of nitrogens with two attached hydrogens (primary N) is 1. The van der Waals surface area contributed by atoms with Gasteiger partial charge in [-0.05, 0) is 37.2 Å². The number of hydrogen-bond donors (Lipinski definition) is 2. The number of nitrogens with zero attached hydrogens (tertiary/aromatic N) is 3. The molecule has 0 aliphatic carbocycles. The Morgan fingerprint density at radius 3 is 2.33 bits per heavy atom. The fraction of sp³-hybridized carbons (Fsp3) is 0.292. The third kappa shape index (κ3) is 5.69. The minimum atomic E-state index is -0.685. The van der Waals surface area contributed by atoms with E-state index in [1.807, 2.05) is 66.5 Å². The second kappa shape index (κ2) is 10.6. The smallest absolute Gasteiger partial charge is 0.330 e. The summed E-state index contributed by atoms with van der Waals surface area (Å²) in [5.74, 6) is 0.422. The monoisotopic (exact) mass is 451 g/mol. The van der Waals surface area contributed by atoms with E-state index in [-0.39, 0.29) is 37.0 Å². The Hall–Kier alpha value is -3.85. The molecule has 0 atom stereocenters. The lowest BCUT2D eigenvalue weighted by Crippen LogP contribution is -2.44. The first-order chi connectivity index (χ1) is 15.8. The van der Waals surface area contributed by atoms with Crippen molar-refractivity contribution in [3.05, 3.63) is 86.6 Å². The molecule has 0 aliphatic rings. The molecule has 0 unspecified atom stereocenters. The molecule has 9 nitrogen and oxygen atoms in total. The summed E-state index contributed by atoms with van der Waals surface area (Å²) in [5.41, 5.74) is 6.79. The van der Waals surface area contributed by atoms with Crippen molar-refractivity contribution in [2.24, 2.45) is 0 Å². The van der Waals surface area contributed by atoms with Crippen LogP contribution in [0.4, 0.5) is 11.5 Å². The number of nitrogen functional groups attached to an aromatic ring is 1. The molecule has 3 N–H and O–H groups in total. The van der Waals surface area contributed by atoms with Gasteiger partial charge in [-0.1, -0.05) is 42.5 Å². The molecule has 0 radical (unpaired) electrons. The van der Waals surface area contributed by atoms with E-state index in [0.29, 0.717) is 6.54 Å². The van der Waals surface area contributed by atoms with Gasteiger partial charge in [0.1, 0.15) is 11.6 Å². The zero-order chi connectivity index (χ0) is 24.0. The molecule has 0 aliphatic heterocycles. The van der Waals surface area contributed by atoms with Crippen LogP contribution in [0.25, 0.3) is 0 Å². The number of carbonyl (C=O) groups is 1. The number of anilines is 2. The summed E-state index contributed by atoms with van der Waals surface area (Å²) in [6.07, 6.45) is 0. The predicted octanol–water partition coefficient (Wildman–Crippen LogP) is 1.66. The van der Waals surface area contributed by atoms with Crippen LogP contribution < -0.4 is 26.6 Å². The van der Waals surface area contributed by atoms with Gasteiger partial charge in [-0.3, -0.25) is 24.0 Å². The SMILES string of the molecule is CCN(C(=O)CN(C)Cc1ccc(OC)cc1)c1c(N)n(Cc2ccccc2)c(=O)[nH]c1=O. The molecular weight excluding hydrogens is 422 g/mol. The summed E-state index contributed by atoms with van der Waals surface area (Å²) in [6.45, 7) is 2.76. The van der Waals surface area contributed by atoms with Crippen LogP contribution in [-0.4, -0.2) is 47.6 Å². The van der Waals surface area contributed by atoms with Gasteiger partial charge in [0.15, 0.2) is 5.69 Å². The van der Waals surface area contributed by atoms with Gasteiger partial charge in [-0.2, -0.15) is 0 Å². The van der Waals surface area contributed by atoms with E-state index in [4.69, 9.17) is 10.5 Å². The average Bonchev–Trinajstić information content (AvgIpc) is 2.80. The summed E-state index contributed by atoms with van der Waals surface area (Å²) in [5, 5.41) is 0. The summed E-state index contributed by atoms with van der Waals surface area (Å²) < 4.78 is 6.44. The number of carbonyl (C=O) groups excluding carboxylic acids is 1. The summed E-state index contributed by atoms with van der Waals surface area (Å²) in [7, 11) is 3.43. The Morgan fingerprint density at radius 2 is 1.73 bits per heavy atom. The third-order valence-corrected chi connectivity index (χ3v) is 5.30. The number of hydrogen-bond acceptors (Lipinski definition) is 6. The molecule has 0 fully saturated rings. The second-order valence-corrected chi connectivity index (χ2v) is 7.72. The molecule has 9 heteroatoms. The maximum atomic E-state index is 13.1. The minimum Gasteiger partial charge on any atom is -0.497 e. The highest BCUT2D eigenvalue weighted by Crippen LogP contribution is 2.18. The van der Waals surface area contributed by atoms with Crippen molar-refractivity contribution in [2.75, 3.05) is 37.9 Å². The van der Waals surface area contributed by atoms with Crippen molar-refractivity contribution in [1.82, 2.24) is 14.5 Å². The highest BCUT2D eigenvalue weighted by atomic mass is 16.5. The van der Waals surface area contributed by atoms with Crippen LogP contribution in [0.5, 0.6) is 5.75 Å². The number of methoxy groups -OCH3 is 1. The van der Waals surface area contributed by atoms with Gasteiger partial charge in [-0.15, -0.1) is 0 Å². The van der Waals surface area contributed by atoms with E-state index in [2.05, 4.69) is 4.98 Å². The lowest BCUT2D eigenvalue weighted by Gasteiger charge is -2.25. The van der Waals surface area contributed by atoms with Gasteiger partial charge in [0.05, 0.1) is 20.2 Å². The fourth-order valence-electron chi connectivity index (χ4n) is 3.64. The first kappa shape index (κ1) is 23.8. The van der Waals surface area contributed by atoms with E-state index in [9.17, 15) is 14.4 Å². The molecular formula is C24H29N5O4. The molecule has 1 amide bonds. The van der Waals surface area contributed by atoms with Crippen molar-refractivity contribution in [3.63, 3.8) is 0 Å². The van der Waals surface area contributed by atoms with Crippen LogP contribution in [0.3, 0.4) is 0 Å². The zero-order valence-corrected chi connectivity index (χ0v) is 19.1. The van der Waals surface area contributed by atoms with Crippen molar-refractivity contribution in [2.45, 2.75) is 20.0 Å². The number of rotatable bonds is 9. The number of ether oxygens (including phenoxy) is 1. The largest absolute Gasteiger partial charge is 0.497 e. The van der Waals surface area contributed by atoms with Gasteiger partial charge in [-0.25, -0.2) is 4.79 Å². The molecule has 174 valence electrons. The van der Waals surface area contributed by atoms with E-state index in [0.717, 1.165) is 16.9 Å². The minimum absolute atomic E-state index is 0.0177. The number of benzene rings is 2. The molecule has 2 aromatic carbocycles. The van der Waals surface area contributed by atoms with Crippen LogP contribution >= 0.6 is 0 Å². The fourth-order valence-corrected chi connectivity index (χ4v) is 3.64. The van der Waals surface area contributed by atoms with Gasteiger partial charge in [0.2, 0.25) is 5.91 Å². The molecule has 33 heavy (non-hydrogen) atoms. The van der Waals surface area contributed by atoms with Crippen molar-refractivity contribution in [1.29, 1.82) is 0 Å². The summed E-state index contributed by atoms with van der Waals surface area (Å²) in [6, 6.07) is 16.9. The molecule has 3 aromatic rings. The summed E-state index contributed by atoms with van der Waals surface area (Å²) >= 11 is 0. The lowest BCUT2D eigenvalue weighted by atomic mass is 10.2. The van der Waals surface area contributed by atoms with E-state index in [1.54, 1.807) is 14.0 Å². The zero-order valence-electron chi connectivity index (χ0n) is 19.1. The average molecular weight is 452 g/mol.